The standard InChI is InChI=1S/C14H25NO2/c1-10(8-11-4-2-5-11)15-9-12-6-3-7-13(12)14(16)17/h10-13,15H,2-9H2,1H3,(H,16,17). The van der Waals surface area contributed by atoms with Crippen LogP contribution in [0.5, 0.6) is 0 Å². The van der Waals surface area contributed by atoms with Crippen LogP contribution >= 0.6 is 0 Å². The summed E-state index contributed by atoms with van der Waals surface area (Å²) in [6.45, 7) is 3.13. The van der Waals surface area contributed by atoms with Crippen LogP contribution in [0.15, 0.2) is 0 Å². The molecule has 0 aromatic heterocycles. The van der Waals surface area contributed by atoms with Gasteiger partial charge in [0.15, 0.2) is 0 Å². The van der Waals surface area contributed by atoms with Crippen LogP contribution in [-0.2, 0) is 4.79 Å². The molecule has 0 heterocycles. The van der Waals surface area contributed by atoms with Crippen LogP contribution in [0.3, 0.4) is 0 Å². The van der Waals surface area contributed by atoms with Gasteiger partial charge in [0.2, 0.25) is 0 Å². The van der Waals surface area contributed by atoms with Crippen molar-refractivity contribution in [2.45, 2.75) is 57.9 Å². The number of carbonyl (C=O) groups is 1. The molecule has 0 aliphatic heterocycles. The van der Waals surface area contributed by atoms with E-state index in [9.17, 15) is 4.79 Å². The van der Waals surface area contributed by atoms with E-state index in [-0.39, 0.29) is 5.92 Å². The number of nitrogens with one attached hydrogen (secondary N) is 1. The Morgan fingerprint density at radius 2 is 2.00 bits per heavy atom. The topological polar surface area (TPSA) is 49.3 Å². The van der Waals surface area contributed by atoms with Crippen molar-refractivity contribution in [3.63, 3.8) is 0 Å². The second kappa shape index (κ2) is 5.85. The van der Waals surface area contributed by atoms with Crippen LogP contribution in [-0.4, -0.2) is 23.7 Å². The zero-order chi connectivity index (χ0) is 12.3. The molecule has 17 heavy (non-hydrogen) atoms. The molecule has 3 heteroatoms. The van der Waals surface area contributed by atoms with Crippen molar-refractivity contribution in [1.29, 1.82) is 0 Å². The quantitative estimate of drug-likeness (QED) is 0.749. The summed E-state index contributed by atoms with van der Waals surface area (Å²) in [4.78, 5) is 11.1. The highest BCUT2D eigenvalue weighted by Crippen LogP contribution is 2.32. The molecular formula is C14H25NO2. The third kappa shape index (κ3) is 3.44. The van der Waals surface area contributed by atoms with Crippen molar-refractivity contribution in [2.24, 2.45) is 17.8 Å². The molecule has 0 amide bonds. The van der Waals surface area contributed by atoms with E-state index in [1.165, 1.54) is 25.7 Å². The first-order chi connectivity index (χ1) is 8.16. The maximum absolute atomic E-state index is 11.1. The molecule has 0 spiro atoms. The average Bonchev–Trinajstić information content (AvgIpc) is 2.68. The van der Waals surface area contributed by atoms with E-state index >= 15 is 0 Å². The normalized spacial score (nSPS) is 31.1. The van der Waals surface area contributed by atoms with Gasteiger partial charge in [-0.25, -0.2) is 0 Å². The van der Waals surface area contributed by atoms with Gasteiger partial charge >= 0.3 is 5.97 Å². The molecule has 2 rings (SSSR count). The summed E-state index contributed by atoms with van der Waals surface area (Å²) in [5.74, 6) is 0.590. The molecule has 0 saturated heterocycles. The molecule has 2 saturated carbocycles. The van der Waals surface area contributed by atoms with E-state index in [1.54, 1.807) is 0 Å². The molecule has 2 N–H and O–H groups in total. The SMILES string of the molecule is CC(CC1CCC1)NCC1CCCC1C(=O)O. The molecule has 3 nitrogen and oxygen atoms in total. The van der Waals surface area contributed by atoms with E-state index < -0.39 is 5.97 Å². The zero-order valence-corrected chi connectivity index (χ0v) is 10.8. The van der Waals surface area contributed by atoms with Gasteiger partial charge in [0, 0.05) is 6.04 Å². The lowest BCUT2D eigenvalue weighted by Gasteiger charge is -2.29. The third-order valence-corrected chi connectivity index (χ3v) is 4.62. The molecule has 3 atom stereocenters. The Balaban J connectivity index is 1.67. The summed E-state index contributed by atoms with van der Waals surface area (Å²) in [7, 11) is 0. The van der Waals surface area contributed by atoms with E-state index in [4.69, 9.17) is 5.11 Å². The van der Waals surface area contributed by atoms with Crippen LogP contribution in [0.1, 0.15) is 51.9 Å². The molecule has 2 aliphatic rings. The summed E-state index contributed by atoms with van der Waals surface area (Å²) in [5, 5.41) is 12.7. The molecule has 0 bridgehead atoms. The third-order valence-electron chi connectivity index (χ3n) is 4.62. The van der Waals surface area contributed by atoms with E-state index in [0.717, 1.165) is 31.7 Å². The van der Waals surface area contributed by atoms with Crippen molar-refractivity contribution in [3.8, 4) is 0 Å². The molecule has 0 aromatic carbocycles. The minimum Gasteiger partial charge on any atom is -0.481 e. The summed E-state index contributed by atoms with van der Waals surface area (Å²) >= 11 is 0. The van der Waals surface area contributed by atoms with Gasteiger partial charge in [0.1, 0.15) is 0 Å². The van der Waals surface area contributed by atoms with E-state index in [1.807, 2.05) is 0 Å². The van der Waals surface area contributed by atoms with Crippen LogP contribution < -0.4 is 5.32 Å². The maximum Gasteiger partial charge on any atom is 0.306 e. The lowest BCUT2D eigenvalue weighted by molar-refractivity contribution is -0.142. The Morgan fingerprint density at radius 3 is 2.59 bits per heavy atom. The molecule has 98 valence electrons. The van der Waals surface area contributed by atoms with Crippen LogP contribution in [0.2, 0.25) is 0 Å². The fraction of sp³-hybridized carbons (Fsp3) is 0.929. The van der Waals surface area contributed by atoms with E-state index in [0.29, 0.717) is 12.0 Å². The summed E-state index contributed by atoms with van der Waals surface area (Å²) in [5.41, 5.74) is 0. The second-order valence-corrected chi connectivity index (χ2v) is 5.98. The van der Waals surface area contributed by atoms with Gasteiger partial charge in [-0.05, 0) is 44.6 Å². The number of hydrogen-bond donors (Lipinski definition) is 2. The Bertz CT molecular complexity index is 263. The predicted molar refractivity (Wildman–Crippen MR) is 67.9 cm³/mol. The number of carboxylic acid groups (broad SMARTS) is 1. The molecule has 2 aliphatic carbocycles. The van der Waals surface area contributed by atoms with Gasteiger partial charge in [-0.15, -0.1) is 0 Å². The molecule has 2 fully saturated rings. The fourth-order valence-corrected chi connectivity index (χ4v) is 3.27. The molecule has 0 aromatic rings. The Labute approximate surface area is 104 Å². The van der Waals surface area contributed by atoms with Gasteiger partial charge in [0.05, 0.1) is 5.92 Å². The van der Waals surface area contributed by atoms with Crippen molar-refractivity contribution >= 4 is 5.97 Å². The second-order valence-electron chi connectivity index (χ2n) is 5.98. The molecular weight excluding hydrogens is 214 g/mol. The number of hydrogen-bond acceptors (Lipinski definition) is 2. The minimum atomic E-state index is -0.596. The van der Waals surface area contributed by atoms with E-state index in [2.05, 4.69) is 12.2 Å². The van der Waals surface area contributed by atoms with Gasteiger partial charge in [-0.3, -0.25) is 4.79 Å². The summed E-state index contributed by atoms with van der Waals surface area (Å²) in [6.07, 6.45) is 8.51. The van der Waals surface area contributed by atoms with Crippen LogP contribution in [0, 0.1) is 17.8 Å². The number of carboxylic acids is 1. The van der Waals surface area contributed by atoms with Gasteiger partial charge in [-0.1, -0.05) is 25.7 Å². The molecule has 0 radical (unpaired) electrons. The lowest BCUT2D eigenvalue weighted by Crippen LogP contribution is -2.36. The van der Waals surface area contributed by atoms with Crippen LogP contribution in [0.25, 0.3) is 0 Å². The maximum atomic E-state index is 11.1. The fourth-order valence-electron chi connectivity index (χ4n) is 3.27. The number of aliphatic carboxylic acids is 1. The lowest BCUT2D eigenvalue weighted by atomic mass is 9.81. The van der Waals surface area contributed by atoms with Gasteiger partial charge in [0.25, 0.3) is 0 Å². The van der Waals surface area contributed by atoms with Crippen molar-refractivity contribution in [1.82, 2.24) is 5.32 Å². The van der Waals surface area contributed by atoms with Crippen molar-refractivity contribution in [2.75, 3.05) is 6.54 Å². The van der Waals surface area contributed by atoms with Crippen molar-refractivity contribution < 1.29 is 9.90 Å². The highest BCUT2D eigenvalue weighted by atomic mass is 16.4. The predicted octanol–water partition coefficient (Wildman–Crippen LogP) is 2.66. The molecule has 3 unspecified atom stereocenters. The Hall–Kier alpha value is -0.570. The highest BCUT2D eigenvalue weighted by molar-refractivity contribution is 5.70. The Kier molecular flexibility index (Phi) is 4.43. The number of rotatable bonds is 6. The van der Waals surface area contributed by atoms with Gasteiger partial charge in [-0.2, -0.15) is 0 Å². The largest absolute Gasteiger partial charge is 0.481 e. The average molecular weight is 239 g/mol. The van der Waals surface area contributed by atoms with Crippen LogP contribution in [0.4, 0.5) is 0 Å². The smallest absolute Gasteiger partial charge is 0.306 e. The first-order valence-electron chi connectivity index (χ1n) is 7.13. The van der Waals surface area contributed by atoms with Gasteiger partial charge < -0.3 is 10.4 Å². The monoisotopic (exact) mass is 239 g/mol. The van der Waals surface area contributed by atoms with Crippen molar-refractivity contribution in [3.05, 3.63) is 0 Å². The highest BCUT2D eigenvalue weighted by Gasteiger charge is 2.32. The first-order valence-corrected chi connectivity index (χ1v) is 7.13. The Morgan fingerprint density at radius 1 is 1.29 bits per heavy atom. The zero-order valence-electron chi connectivity index (χ0n) is 10.8. The first kappa shape index (κ1) is 12.9. The minimum absolute atomic E-state index is 0.0987. The summed E-state index contributed by atoms with van der Waals surface area (Å²) in [6, 6.07) is 0.551. The summed E-state index contributed by atoms with van der Waals surface area (Å²) < 4.78 is 0.